The van der Waals surface area contributed by atoms with E-state index in [-0.39, 0.29) is 11.2 Å². The summed E-state index contributed by atoms with van der Waals surface area (Å²) in [6.07, 6.45) is -4.77. The van der Waals surface area contributed by atoms with Crippen LogP contribution in [0.15, 0.2) is 72.8 Å². The number of fused-ring (bicyclic) bond motifs is 1. The average Bonchev–Trinajstić information content (AvgIpc) is 3.17. The van der Waals surface area contributed by atoms with Gasteiger partial charge in [-0.25, -0.2) is 4.79 Å². The number of ether oxygens (including phenoxy) is 1. The van der Waals surface area contributed by atoms with Crippen molar-refractivity contribution in [3.05, 3.63) is 78.4 Å². The van der Waals surface area contributed by atoms with Crippen LogP contribution in [0.4, 0.5) is 29.3 Å². The van der Waals surface area contributed by atoms with E-state index >= 15 is 0 Å². The fourth-order valence-electron chi connectivity index (χ4n) is 3.60. The van der Waals surface area contributed by atoms with Crippen molar-refractivity contribution in [1.29, 1.82) is 0 Å². The normalized spacial score (nSPS) is 11.9. The molecule has 0 bridgehead atoms. The molecule has 0 saturated carbocycles. The zero-order valence-corrected chi connectivity index (χ0v) is 18.9. The van der Waals surface area contributed by atoms with E-state index in [1.54, 1.807) is 6.07 Å². The number of aromatic nitrogens is 1. The largest absolute Gasteiger partial charge is 0.573 e. The summed E-state index contributed by atoms with van der Waals surface area (Å²) >= 11 is 0. The molecule has 4 aromatic rings. The Morgan fingerprint density at radius 1 is 0.882 bits per heavy atom. The number of halogens is 3. The highest BCUT2D eigenvalue weighted by atomic mass is 19.4. The molecule has 3 N–H and O–H groups in total. The molecule has 0 spiro atoms. The van der Waals surface area contributed by atoms with Crippen molar-refractivity contribution in [1.82, 2.24) is 4.98 Å². The van der Waals surface area contributed by atoms with E-state index in [4.69, 9.17) is 0 Å². The molecule has 0 aliphatic rings. The molecule has 0 radical (unpaired) electrons. The minimum absolute atomic E-state index is 0.0280. The number of hydrogen-bond donors (Lipinski definition) is 3. The van der Waals surface area contributed by atoms with Gasteiger partial charge in [0.1, 0.15) is 5.75 Å². The van der Waals surface area contributed by atoms with Crippen LogP contribution in [-0.4, -0.2) is 17.4 Å². The van der Waals surface area contributed by atoms with E-state index < -0.39 is 12.4 Å². The summed E-state index contributed by atoms with van der Waals surface area (Å²) in [6, 6.07) is 20.1. The zero-order valence-electron chi connectivity index (χ0n) is 18.9. The number of anilines is 2. The topological polar surface area (TPSA) is 66.2 Å². The lowest BCUT2D eigenvalue weighted by atomic mass is 9.86. The summed E-state index contributed by atoms with van der Waals surface area (Å²) in [4.78, 5) is 16.0. The standard InChI is InChI=1S/C26H24F3N3O2/c1-25(2,3)17-8-13-21-16(14-17)15-23(31-21)20-6-4-5-7-22(20)32-24(33)30-18-9-11-19(12-10-18)34-26(27,28)29/h4-15,31H,1-3H3,(H2,30,32,33). The number of nitrogens with one attached hydrogen (secondary N) is 3. The molecule has 4 rings (SSSR count). The maximum Gasteiger partial charge on any atom is 0.573 e. The van der Waals surface area contributed by atoms with Crippen LogP contribution in [0, 0.1) is 0 Å². The van der Waals surface area contributed by atoms with Crippen molar-refractivity contribution < 1.29 is 22.7 Å². The zero-order chi connectivity index (χ0) is 24.5. The van der Waals surface area contributed by atoms with Crippen LogP contribution in [0.1, 0.15) is 26.3 Å². The fraction of sp³-hybridized carbons (Fsp3) is 0.192. The molecule has 1 aromatic heterocycles. The number of hydrogen-bond acceptors (Lipinski definition) is 2. The number of benzene rings is 3. The number of urea groups is 1. The smallest absolute Gasteiger partial charge is 0.406 e. The van der Waals surface area contributed by atoms with Crippen LogP contribution in [0.25, 0.3) is 22.2 Å². The van der Waals surface area contributed by atoms with Crippen molar-refractivity contribution in [2.24, 2.45) is 0 Å². The summed E-state index contributed by atoms with van der Waals surface area (Å²) in [5, 5.41) is 6.49. The molecule has 34 heavy (non-hydrogen) atoms. The molecule has 0 fully saturated rings. The number of alkyl halides is 3. The lowest BCUT2D eigenvalue weighted by Crippen LogP contribution is -2.20. The lowest BCUT2D eigenvalue weighted by Gasteiger charge is -2.18. The van der Waals surface area contributed by atoms with E-state index in [1.165, 1.54) is 17.7 Å². The predicted octanol–water partition coefficient (Wildman–Crippen LogP) is 7.68. The first kappa shape index (κ1) is 23.2. The second-order valence-corrected chi connectivity index (χ2v) is 8.93. The third-order valence-corrected chi connectivity index (χ3v) is 5.30. The molecule has 0 unspecified atom stereocenters. The summed E-state index contributed by atoms with van der Waals surface area (Å²) in [5.41, 5.74) is 4.81. The van der Waals surface area contributed by atoms with E-state index in [9.17, 15) is 18.0 Å². The maximum absolute atomic E-state index is 12.6. The molecular formula is C26H24F3N3O2. The number of carbonyl (C=O) groups is 1. The van der Waals surface area contributed by atoms with Gasteiger partial charge in [0.15, 0.2) is 0 Å². The summed E-state index contributed by atoms with van der Waals surface area (Å²) in [6.45, 7) is 6.49. The second-order valence-electron chi connectivity index (χ2n) is 8.93. The van der Waals surface area contributed by atoms with E-state index in [1.807, 2.05) is 30.3 Å². The summed E-state index contributed by atoms with van der Waals surface area (Å²) < 4.78 is 40.8. The number of aromatic amines is 1. The van der Waals surface area contributed by atoms with Gasteiger partial charge in [-0.1, -0.05) is 45.0 Å². The van der Waals surface area contributed by atoms with Crippen molar-refractivity contribution in [3.63, 3.8) is 0 Å². The number of para-hydroxylation sites is 1. The average molecular weight is 467 g/mol. The van der Waals surface area contributed by atoms with E-state index in [0.29, 0.717) is 11.4 Å². The highest BCUT2D eigenvalue weighted by molar-refractivity contribution is 6.02. The van der Waals surface area contributed by atoms with Crippen LogP contribution in [0.2, 0.25) is 0 Å². The van der Waals surface area contributed by atoms with Gasteiger partial charge in [0.05, 0.1) is 5.69 Å². The predicted molar refractivity (Wildman–Crippen MR) is 128 cm³/mol. The molecule has 5 nitrogen and oxygen atoms in total. The molecule has 0 aliphatic heterocycles. The molecule has 1 heterocycles. The minimum atomic E-state index is -4.77. The molecule has 3 aromatic carbocycles. The van der Waals surface area contributed by atoms with Gasteiger partial charge in [-0.3, -0.25) is 0 Å². The first-order valence-corrected chi connectivity index (χ1v) is 10.6. The Balaban J connectivity index is 1.52. The third-order valence-electron chi connectivity index (χ3n) is 5.30. The van der Waals surface area contributed by atoms with Gasteiger partial charge < -0.3 is 20.4 Å². The summed E-state index contributed by atoms with van der Waals surface area (Å²) in [5.74, 6) is -0.364. The Bertz CT molecular complexity index is 1320. The van der Waals surface area contributed by atoms with Gasteiger partial charge in [0.2, 0.25) is 0 Å². The number of carbonyl (C=O) groups excluding carboxylic acids is 1. The molecule has 2 amide bonds. The summed E-state index contributed by atoms with van der Waals surface area (Å²) in [7, 11) is 0. The quantitative estimate of drug-likeness (QED) is 0.288. The van der Waals surface area contributed by atoms with Crippen LogP contribution in [0.5, 0.6) is 5.75 Å². The van der Waals surface area contributed by atoms with E-state index in [2.05, 4.69) is 53.3 Å². The number of rotatable bonds is 4. The first-order valence-electron chi connectivity index (χ1n) is 10.6. The molecule has 0 saturated heterocycles. The molecular weight excluding hydrogens is 443 g/mol. The van der Waals surface area contributed by atoms with Crippen molar-refractivity contribution in [3.8, 4) is 17.0 Å². The van der Waals surface area contributed by atoms with Crippen molar-refractivity contribution in [2.45, 2.75) is 32.5 Å². The van der Waals surface area contributed by atoms with Crippen LogP contribution in [-0.2, 0) is 5.41 Å². The van der Waals surface area contributed by atoms with Gasteiger partial charge in [0, 0.05) is 27.8 Å². The monoisotopic (exact) mass is 467 g/mol. The van der Waals surface area contributed by atoms with Gasteiger partial charge in [-0.15, -0.1) is 13.2 Å². The van der Waals surface area contributed by atoms with Crippen molar-refractivity contribution in [2.75, 3.05) is 10.6 Å². The van der Waals surface area contributed by atoms with Gasteiger partial charge in [-0.2, -0.15) is 0 Å². The van der Waals surface area contributed by atoms with Crippen LogP contribution in [0.3, 0.4) is 0 Å². The Morgan fingerprint density at radius 2 is 1.59 bits per heavy atom. The number of H-pyrrole nitrogens is 1. The minimum Gasteiger partial charge on any atom is -0.406 e. The SMILES string of the molecule is CC(C)(C)c1ccc2[nH]c(-c3ccccc3NC(=O)Nc3ccc(OC(F)(F)F)cc3)cc2c1. The third kappa shape index (κ3) is 5.51. The second kappa shape index (κ2) is 8.78. The van der Waals surface area contributed by atoms with Crippen LogP contribution >= 0.6 is 0 Å². The Hall–Kier alpha value is -3.94. The first-order chi connectivity index (χ1) is 16.0. The molecule has 8 heteroatoms. The highest BCUT2D eigenvalue weighted by Gasteiger charge is 2.31. The molecule has 0 atom stereocenters. The highest BCUT2D eigenvalue weighted by Crippen LogP contribution is 2.32. The molecule has 176 valence electrons. The Morgan fingerprint density at radius 3 is 2.26 bits per heavy atom. The van der Waals surface area contributed by atoms with Gasteiger partial charge >= 0.3 is 12.4 Å². The lowest BCUT2D eigenvalue weighted by molar-refractivity contribution is -0.274. The Labute approximate surface area is 194 Å². The van der Waals surface area contributed by atoms with Crippen molar-refractivity contribution >= 4 is 28.3 Å². The Kier molecular flexibility index (Phi) is 6.00. The van der Waals surface area contributed by atoms with E-state index in [0.717, 1.165) is 34.3 Å². The van der Waals surface area contributed by atoms with Gasteiger partial charge in [0.25, 0.3) is 0 Å². The van der Waals surface area contributed by atoms with Crippen LogP contribution < -0.4 is 15.4 Å². The number of amides is 2. The fourth-order valence-corrected chi connectivity index (χ4v) is 3.60. The van der Waals surface area contributed by atoms with Gasteiger partial charge in [-0.05, 0) is 59.5 Å². The maximum atomic E-state index is 12.6. The molecule has 0 aliphatic carbocycles.